The summed E-state index contributed by atoms with van der Waals surface area (Å²) >= 11 is 6.47. The van der Waals surface area contributed by atoms with Crippen molar-refractivity contribution in [2.24, 2.45) is 0 Å². The van der Waals surface area contributed by atoms with Crippen molar-refractivity contribution in [1.82, 2.24) is 15.3 Å². The number of amides is 3. The van der Waals surface area contributed by atoms with Crippen molar-refractivity contribution in [3.63, 3.8) is 0 Å². The van der Waals surface area contributed by atoms with Crippen molar-refractivity contribution < 1.29 is 27.6 Å². The highest BCUT2D eigenvalue weighted by atomic mass is 35.5. The Kier molecular flexibility index (Phi) is 7.64. The summed E-state index contributed by atoms with van der Waals surface area (Å²) in [7, 11) is 0. The van der Waals surface area contributed by atoms with Gasteiger partial charge in [-0.05, 0) is 24.6 Å². The first-order valence-corrected chi connectivity index (χ1v) is 13.0. The third kappa shape index (κ3) is 5.71. The number of carbonyl (C=O) groups is 3. The lowest BCUT2D eigenvalue weighted by Crippen LogP contribution is -2.56. The number of alkyl halides is 2. The third-order valence-corrected chi connectivity index (χ3v) is 7.31. The van der Waals surface area contributed by atoms with Gasteiger partial charge in [-0.3, -0.25) is 29.2 Å². The smallest absolute Gasteiger partial charge is 0.252 e. The van der Waals surface area contributed by atoms with E-state index in [1.165, 1.54) is 36.7 Å². The van der Waals surface area contributed by atoms with Crippen LogP contribution in [0.4, 0.5) is 24.7 Å². The van der Waals surface area contributed by atoms with Gasteiger partial charge in [-0.25, -0.2) is 18.2 Å². The van der Waals surface area contributed by atoms with E-state index in [1.807, 2.05) is 6.07 Å². The predicted octanol–water partition coefficient (Wildman–Crippen LogP) is 4.32. The van der Waals surface area contributed by atoms with Crippen molar-refractivity contribution in [1.29, 1.82) is 5.26 Å². The van der Waals surface area contributed by atoms with Crippen LogP contribution in [0.25, 0.3) is 0 Å². The number of halogens is 4. The van der Waals surface area contributed by atoms with Gasteiger partial charge in [0.2, 0.25) is 11.8 Å². The highest BCUT2D eigenvalue weighted by molar-refractivity contribution is 6.31. The lowest BCUT2D eigenvalue weighted by Gasteiger charge is -2.39. The van der Waals surface area contributed by atoms with Gasteiger partial charge in [0, 0.05) is 48.2 Å². The monoisotopic (exact) mass is 582 g/mol. The molecule has 2 aromatic heterocycles. The molecule has 13 heteroatoms. The zero-order valence-corrected chi connectivity index (χ0v) is 22.1. The van der Waals surface area contributed by atoms with Crippen LogP contribution in [0.15, 0.2) is 61.1 Å². The van der Waals surface area contributed by atoms with Gasteiger partial charge in [0.15, 0.2) is 0 Å². The number of benzene rings is 1. The molecule has 1 aromatic carbocycles. The van der Waals surface area contributed by atoms with Crippen LogP contribution >= 0.6 is 11.6 Å². The molecule has 1 aliphatic heterocycles. The highest BCUT2D eigenvalue weighted by Gasteiger charge is 2.48. The highest BCUT2D eigenvalue weighted by Crippen LogP contribution is 2.39. The van der Waals surface area contributed by atoms with E-state index in [1.54, 1.807) is 12.1 Å². The molecule has 3 aromatic rings. The Bertz CT molecular complexity index is 1560. The molecule has 3 amide bonds. The van der Waals surface area contributed by atoms with Gasteiger partial charge in [0.05, 0.1) is 29.7 Å². The first kappa shape index (κ1) is 28.0. The van der Waals surface area contributed by atoms with Crippen molar-refractivity contribution in [2.75, 3.05) is 9.80 Å². The van der Waals surface area contributed by atoms with Crippen LogP contribution in [0.3, 0.4) is 0 Å². The summed E-state index contributed by atoms with van der Waals surface area (Å²) in [5.41, 5.74) is 0.237. The molecule has 1 saturated carbocycles. The standard InChI is InChI=1S/C28H22ClF3N6O3/c29-21-4-2-1-3-20(21)25(26(40)36-18-11-28(31,32)12-18)37(19-10-17(30)14-34-15-19)27(41)22-5-6-24(39)38(22)23-9-16(13-33)7-8-35-23/h1-4,7-10,14-15,18,22,25H,5-6,11-12H2,(H,36,40)/t22-,25-/m1/s1. The summed E-state index contributed by atoms with van der Waals surface area (Å²) in [4.78, 5) is 51.2. The van der Waals surface area contributed by atoms with E-state index in [0.717, 1.165) is 22.1 Å². The van der Waals surface area contributed by atoms with Crippen molar-refractivity contribution in [3.05, 3.63) is 83.0 Å². The molecule has 210 valence electrons. The van der Waals surface area contributed by atoms with Crippen LogP contribution in [0.1, 0.15) is 42.9 Å². The van der Waals surface area contributed by atoms with Gasteiger partial charge in [-0.15, -0.1) is 0 Å². The van der Waals surface area contributed by atoms with Gasteiger partial charge in [-0.2, -0.15) is 5.26 Å². The Balaban J connectivity index is 1.61. The minimum absolute atomic E-state index is 0.0288. The average molecular weight is 583 g/mol. The Hall–Kier alpha value is -4.50. The van der Waals surface area contributed by atoms with Gasteiger partial charge in [0.25, 0.3) is 11.8 Å². The Morgan fingerprint density at radius 3 is 2.63 bits per heavy atom. The number of aromatic nitrogens is 2. The van der Waals surface area contributed by atoms with E-state index >= 15 is 0 Å². The van der Waals surface area contributed by atoms with E-state index in [-0.39, 0.29) is 40.5 Å². The molecule has 0 bridgehead atoms. The lowest BCUT2D eigenvalue weighted by molar-refractivity contribution is -0.133. The molecule has 1 aliphatic carbocycles. The van der Waals surface area contributed by atoms with Crippen LogP contribution in [-0.2, 0) is 14.4 Å². The number of nitriles is 1. The lowest BCUT2D eigenvalue weighted by atomic mass is 9.87. The Morgan fingerprint density at radius 2 is 1.95 bits per heavy atom. The number of anilines is 2. The SMILES string of the molecule is N#Cc1ccnc(N2C(=O)CC[C@@H]2C(=O)N(c2cncc(F)c2)[C@@H](C(=O)NC2CC(F)(F)C2)c2ccccc2Cl)c1. The van der Waals surface area contributed by atoms with Gasteiger partial charge >= 0.3 is 0 Å². The predicted molar refractivity (Wildman–Crippen MR) is 141 cm³/mol. The number of hydrogen-bond donors (Lipinski definition) is 1. The van der Waals surface area contributed by atoms with E-state index in [4.69, 9.17) is 11.6 Å². The number of nitrogens with zero attached hydrogens (tertiary/aromatic N) is 5. The summed E-state index contributed by atoms with van der Waals surface area (Å²) in [6.45, 7) is 0. The van der Waals surface area contributed by atoms with Crippen LogP contribution in [0.2, 0.25) is 5.02 Å². The molecule has 1 saturated heterocycles. The second kappa shape index (κ2) is 11.2. The van der Waals surface area contributed by atoms with Crippen LogP contribution < -0.4 is 15.1 Å². The number of hydrogen-bond acceptors (Lipinski definition) is 6. The summed E-state index contributed by atoms with van der Waals surface area (Å²) in [6, 6.07) is 8.32. The van der Waals surface area contributed by atoms with Crippen LogP contribution in [0, 0.1) is 17.1 Å². The minimum Gasteiger partial charge on any atom is -0.351 e. The molecule has 2 aliphatic rings. The molecule has 3 heterocycles. The maximum atomic E-state index is 14.4. The molecule has 41 heavy (non-hydrogen) atoms. The van der Waals surface area contributed by atoms with E-state index in [0.29, 0.717) is 0 Å². The number of rotatable bonds is 7. The second-order valence-electron chi connectivity index (χ2n) is 9.80. The molecule has 2 atom stereocenters. The molecular formula is C28H22ClF3N6O3. The van der Waals surface area contributed by atoms with E-state index in [9.17, 15) is 32.8 Å². The van der Waals surface area contributed by atoms with E-state index < -0.39 is 60.4 Å². The molecule has 5 rings (SSSR count). The molecule has 9 nitrogen and oxygen atoms in total. The summed E-state index contributed by atoms with van der Waals surface area (Å²) < 4.78 is 41.6. The fourth-order valence-corrected chi connectivity index (χ4v) is 5.30. The van der Waals surface area contributed by atoms with Crippen LogP contribution in [-0.4, -0.2) is 45.7 Å². The first-order valence-electron chi connectivity index (χ1n) is 12.6. The Labute approximate surface area is 237 Å². The fraction of sp³-hybridized carbons (Fsp3) is 0.286. The van der Waals surface area contributed by atoms with Gasteiger partial charge < -0.3 is 5.32 Å². The maximum Gasteiger partial charge on any atom is 0.252 e. The molecule has 0 unspecified atom stereocenters. The molecule has 1 N–H and O–H groups in total. The molecular weight excluding hydrogens is 561 g/mol. The third-order valence-electron chi connectivity index (χ3n) is 6.97. The van der Waals surface area contributed by atoms with Crippen molar-refractivity contribution in [2.45, 2.75) is 49.7 Å². The topological polar surface area (TPSA) is 119 Å². The fourth-order valence-electron chi connectivity index (χ4n) is 5.06. The van der Waals surface area contributed by atoms with Crippen LogP contribution in [0.5, 0.6) is 0 Å². The van der Waals surface area contributed by atoms with E-state index in [2.05, 4.69) is 15.3 Å². The molecule has 0 spiro atoms. The van der Waals surface area contributed by atoms with Gasteiger partial charge in [0.1, 0.15) is 23.7 Å². The maximum absolute atomic E-state index is 14.4. The van der Waals surface area contributed by atoms with Crippen molar-refractivity contribution >= 4 is 40.8 Å². The van der Waals surface area contributed by atoms with Crippen molar-refractivity contribution in [3.8, 4) is 6.07 Å². The number of nitrogens with one attached hydrogen (secondary N) is 1. The summed E-state index contributed by atoms with van der Waals surface area (Å²) in [6.07, 6.45) is 2.25. The summed E-state index contributed by atoms with van der Waals surface area (Å²) in [5, 5.41) is 12.0. The first-order chi connectivity index (χ1) is 19.6. The largest absolute Gasteiger partial charge is 0.351 e. The Morgan fingerprint density at radius 1 is 1.20 bits per heavy atom. The van der Waals surface area contributed by atoms with Gasteiger partial charge in [-0.1, -0.05) is 29.8 Å². The zero-order chi connectivity index (χ0) is 29.3. The molecule has 2 fully saturated rings. The average Bonchev–Trinajstić information content (AvgIpc) is 3.32. The second-order valence-corrected chi connectivity index (χ2v) is 10.2. The quantitative estimate of drug-likeness (QED) is 0.443. The number of pyridine rings is 2. The zero-order valence-electron chi connectivity index (χ0n) is 21.3. The molecule has 0 radical (unpaired) electrons. The normalized spacial score (nSPS) is 18.8. The summed E-state index contributed by atoms with van der Waals surface area (Å²) in [5.74, 6) is -5.73. The number of carbonyl (C=O) groups excluding carboxylic acids is 3. The minimum atomic E-state index is -2.92.